The van der Waals surface area contributed by atoms with Gasteiger partial charge in [-0.05, 0) is 54.1 Å². The molecule has 134 valence electrons. The summed E-state index contributed by atoms with van der Waals surface area (Å²) < 4.78 is 4.71. The molecule has 27 heavy (non-hydrogen) atoms. The van der Waals surface area contributed by atoms with Crippen LogP contribution in [0.25, 0.3) is 0 Å². The third-order valence-corrected chi connectivity index (χ3v) is 5.55. The van der Waals surface area contributed by atoms with Gasteiger partial charge in [-0.25, -0.2) is 4.79 Å². The van der Waals surface area contributed by atoms with Crippen LogP contribution in [0.3, 0.4) is 0 Å². The Labute approximate surface area is 162 Å². The minimum absolute atomic E-state index is 0.346. The fourth-order valence-corrected chi connectivity index (χ4v) is 4.19. The number of rotatable bonds is 3. The molecule has 1 aliphatic rings. The number of fused-ring (bicyclic) bond motifs is 2. The zero-order valence-corrected chi connectivity index (χ0v) is 15.9. The molecule has 0 aromatic heterocycles. The molecule has 0 bridgehead atoms. The molecular formula is C22H18N2O2S. The van der Waals surface area contributed by atoms with Crippen molar-refractivity contribution in [2.75, 3.05) is 19.1 Å². The van der Waals surface area contributed by atoms with Gasteiger partial charge >= 0.3 is 5.97 Å². The van der Waals surface area contributed by atoms with E-state index in [9.17, 15) is 4.79 Å². The van der Waals surface area contributed by atoms with Crippen LogP contribution in [-0.2, 0) is 4.74 Å². The number of para-hydroxylation sites is 1. The van der Waals surface area contributed by atoms with Crippen LogP contribution < -0.4 is 4.90 Å². The minimum Gasteiger partial charge on any atom is -0.465 e. The largest absolute Gasteiger partial charge is 0.465 e. The van der Waals surface area contributed by atoms with Crippen molar-refractivity contribution in [3.63, 3.8) is 0 Å². The van der Waals surface area contributed by atoms with E-state index >= 15 is 0 Å². The number of hydrogen-bond donors (Lipinski definition) is 0. The van der Waals surface area contributed by atoms with Gasteiger partial charge in [-0.15, -0.1) is 0 Å². The van der Waals surface area contributed by atoms with Gasteiger partial charge < -0.3 is 9.64 Å². The summed E-state index contributed by atoms with van der Waals surface area (Å²) in [5.41, 5.74) is 4.75. The van der Waals surface area contributed by atoms with Crippen LogP contribution in [-0.4, -0.2) is 26.3 Å². The Morgan fingerprint density at radius 3 is 2.52 bits per heavy atom. The molecule has 0 unspecified atom stereocenters. The van der Waals surface area contributed by atoms with E-state index in [-0.39, 0.29) is 5.97 Å². The molecule has 3 aromatic carbocycles. The first kappa shape index (κ1) is 17.4. The highest BCUT2D eigenvalue weighted by Gasteiger charge is 2.20. The molecule has 0 saturated heterocycles. The number of anilines is 2. The van der Waals surface area contributed by atoms with Gasteiger partial charge in [0.05, 0.1) is 29.7 Å². The SMILES string of the molecule is COC(=O)c1ccc(N=Cc2ccc3c(c2)Sc2ccccc2N3C)cc1. The fourth-order valence-electron chi connectivity index (χ4n) is 2.99. The molecule has 3 aromatic rings. The quantitative estimate of drug-likeness (QED) is 0.451. The lowest BCUT2D eigenvalue weighted by molar-refractivity contribution is 0.0601. The van der Waals surface area contributed by atoms with Crippen molar-refractivity contribution in [1.29, 1.82) is 0 Å². The summed E-state index contributed by atoms with van der Waals surface area (Å²) in [4.78, 5) is 20.7. The molecule has 0 fully saturated rings. The van der Waals surface area contributed by atoms with Crippen molar-refractivity contribution in [2.24, 2.45) is 4.99 Å². The van der Waals surface area contributed by atoms with Crippen molar-refractivity contribution < 1.29 is 9.53 Å². The molecule has 0 spiro atoms. The van der Waals surface area contributed by atoms with Crippen molar-refractivity contribution in [3.8, 4) is 0 Å². The molecule has 4 rings (SSSR count). The Bertz CT molecular complexity index is 1030. The van der Waals surface area contributed by atoms with Gasteiger partial charge in [-0.1, -0.05) is 30.0 Å². The van der Waals surface area contributed by atoms with E-state index in [1.54, 1.807) is 36.0 Å². The monoisotopic (exact) mass is 374 g/mol. The molecule has 0 N–H and O–H groups in total. The Balaban J connectivity index is 1.56. The van der Waals surface area contributed by atoms with E-state index in [1.807, 2.05) is 6.21 Å². The predicted octanol–water partition coefficient (Wildman–Crippen LogP) is 5.46. The Hall–Kier alpha value is -3.05. The number of methoxy groups -OCH3 is 1. The van der Waals surface area contributed by atoms with Gasteiger partial charge in [0.25, 0.3) is 0 Å². The second kappa shape index (κ2) is 7.29. The zero-order valence-electron chi connectivity index (χ0n) is 15.0. The first-order chi connectivity index (χ1) is 13.2. The van der Waals surface area contributed by atoms with E-state index in [4.69, 9.17) is 4.74 Å². The molecule has 0 amide bonds. The maximum Gasteiger partial charge on any atom is 0.337 e. The lowest BCUT2D eigenvalue weighted by Crippen LogP contribution is -2.14. The summed E-state index contributed by atoms with van der Waals surface area (Å²) in [6.45, 7) is 0. The summed E-state index contributed by atoms with van der Waals surface area (Å²) in [6.07, 6.45) is 1.84. The van der Waals surface area contributed by atoms with Gasteiger partial charge in [0.15, 0.2) is 0 Å². The highest BCUT2D eigenvalue weighted by atomic mass is 32.2. The van der Waals surface area contributed by atoms with Gasteiger partial charge in [0, 0.05) is 23.1 Å². The molecule has 0 atom stereocenters. The third-order valence-electron chi connectivity index (χ3n) is 4.44. The molecule has 1 aliphatic heterocycles. The topological polar surface area (TPSA) is 41.9 Å². The van der Waals surface area contributed by atoms with Crippen LogP contribution in [0.15, 0.2) is 81.5 Å². The van der Waals surface area contributed by atoms with Crippen LogP contribution >= 0.6 is 11.8 Å². The third kappa shape index (κ3) is 3.46. The highest BCUT2D eigenvalue weighted by molar-refractivity contribution is 7.99. The molecule has 0 saturated carbocycles. The Morgan fingerprint density at radius 2 is 1.74 bits per heavy atom. The Kier molecular flexibility index (Phi) is 4.69. The number of hydrogen-bond acceptors (Lipinski definition) is 5. The summed E-state index contributed by atoms with van der Waals surface area (Å²) >= 11 is 1.78. The van der Waals surface area contributed by atoms with Crippen molar-refractivity contribution in [3.05, 3.63) is 77.9 Å². The van der Waals surface area contributed by atoms with Crippen LogP contribution in [0, 0.1) is 0 Å². The smallest absolute Gasteiger partial charge is 0.337 e. The van der Waals surface area contributed by atoms with Crippen LogP contribution in [0.5, 0.6) is 0 Å². The average Bonchev–Trinajstić information content (AvgIpc) is 2.72. The van der Waals surface area contributed by atoms with E-state index in [2.05, 4.69) is 59.4 Å². The number of ether oxygens (including phenoxy) is 1. The van der Waals surface area contributed by atoms with Crippen molar-refractivity contribution >= 4 is 41.0 Å². The molecular weight excluding hydrogens is 356 g/mol. The number of carbonyl (C=O) groups excluding carboxylic acids is 1. The van der Waals surface area contributed by atoms with E-state index in [0.29, 0.717) is 5.56 Å². The maximum absolute atomic E-state index is 11.5. The highest BCUT2D eigenvalue weighted by Crippen LogP contribution is 2.47. The van der Waals surface area contributed by atoms with E-state index < -0.39 is 0 Å². The number of nitrogens with zero attached hydrogens (tertiary/aromatic N) is 2. The van der Waals surface area contributed by atoms with Gasteiger partial charge in [-0.2, -0.15) is 0 Å². The standard InChI is InChI=1S/C22H18N2O2S/c1-24-18-5-3-4-6-20(18)27-21-13-15(7-12-19(21)24)14-23-17-10-8-16(9-11-17)22(25)26-2/h3-14H,1-2H3. The van der Waals surface area contributed by atoms with Gasteiger partial charge in [0.1, 0.15) is 0 Å². The second-order valence-corrected chi connectivity index (χ2v) is 7.24. The lowest BCUT2D eigenvalue weighted by atomic mass is 10.2. The van der Waals surface area contributed by atoms with Crippen molar-refractivity contribution in [1.82, 2.24) is 0 Å². The average molecular weight is 374 g/mol. The fraction of sp³-hybridized carbons (Fsp3) is 0.0909. The predicted molar refractivity (Wildman–Crippen MR) is 110 cm³/mol. The number of carbonyl (C=O) groups is 1. The lowest BCUT2D eigenvalue weighted by Gasteiger charge is -2.29. The minimum atomic E-state index is -0.346. The normalized spacial score (nSPS) is 12.6. The first-order valence-corrected chi connectivity index (χ1v) is 9.34. The van der Waals surface area contributed by atoms with Gasteiger partial charge in [-0.3, -0.25) is 4.99 Å². The zero-order chi connectivity index (χ0) is 18.8. The van der Waals surface area contributed by atoms with Gasteiger partial charge in [0.2, 0.25) is 0 Å². The summed E-state index contributed by atoms with van der Waals surface area (Å²) in [6, 6.07) is 21.8. The van der Waals surface area contributed by atoms with Crippen LogP contribution in [0.2, 0.25) is 0 Å². The summed E-state index contributed by atoms with van der Waals surface area (Å²) in [5.74, 6) is -0.346. The van der Waals surface area contributed by atoms with Crippen molar-refractivity contribution in [2.45, 2.75) is 9.79 Å². The molecule has 4 nitrogen and oxygen atoms in total. The summed E-state index contributed by atoms with van der Waals surface area (Å²) in [5, 5.41) is 0. The Morgan fingerprint density at radius 1 is 1.00 bits per heavy atom. The first-order valence-electron chi connectivity index (χ1n) is 8.53. The van der Waals surface area contributed by atoms with E-state index in [0.717, 1.165) is 11.3 Å². The summed E-state index contributed by atoms with van der Waals surface area (Å²) in [7, 11) is 3.46. The molecule has 1 heterocycles. The van der Waals surface area contributed by atoms with Crippen LogP contribution in [0.1, 0.15) is 15.9 Å². The number of benzene rings is 3. The van der Waals surface area contributed by atoms with E-state index in [1.165, 1.54) is 28.3 Å². The second-order valence-electron chi connectivity index (χ2n) is 6.15. The molecule has 0 radical (unpaired) electrons. The number of aliphatic imine (C=N–C) groups is 1. The molecule has 0 aliphatic carbocycles. The van der Waals surface area contributed by atoms with Crippen LogP contribution in [0.4, 0.5) is 17.1 Å². The molecule has 5 heteroatoms. The number of esters is 1. The maximum atomic E-state index is 11.5.